The van der Waals surface area contributed by atoms with Gasteiger partial charge >= 0.3 is 0 Å². The van der Waals surface area contributed by atoms with Crippen molar-refractivity contribution >= 4 is 11.8 Å². The van der Waals surface area contributed by atoms with Gasteiger partial charge in [-0.15, -0.1) is 0 Å². The first-order chi connectivity index (χ1) is 14.9. The van der Waals surface area contributed by atoms with Crippen LogP contribution in [0.25, 0.3) is 0 Å². The van der Waals surface area contributed by atoms with E-state index in [4.69, 9.17) is 4.74 Å². The van der Waals surface area contributed by atoms with Crippen LogP contribution in [-0.2, 0) is 27.3 Å². The third-order valence-electron chi connectivity index (χ3n) is 6.93. The average Bonchev–Trinajstić information content (AvgIpc) is 3.32. The molecule has 1 N–H and O–H groups in total. The fraction of sp³-hybridized carbons (Fsp3) is 0.385. The standard InChI is InChI=1S/C26H28N2O3/c1-18-8-10-19(11-9-18)12-15-27-23(29)21-22-24(30)28(16-20-6-4-3-5-7-20)17-26(22)14-13-25(21,2)31-26/h3-11,13-14,21-22H,12,15-17H2,1-2H3,(H,27,29). The van der Waals surface area contributed by atoms with E-state index in [9.17, 15) is 9.59 Å². The number of carbonyl (C=O) groups excluding carboxylic acids is 2. The molecule has 2 aromatic carbocycles. The van der Waals surface area contributed by atoms with Crippen LogP contribution in [0.5, 0.6) is 0 Å². The highest BCUT2D eigenvalue weighted by Crippen LogP contribution is 2.57. The van der Waals surface area contributed by atoms with Crippen molar-refractivity contribution in [3.05, 3.63) is 83.4 Å². The van der Waals surface area contributed by atoms with Gasteiger partial charge in [0.25, 0.3) is 0 Å². The summed E-state index contributed by atoms with van der Waals surface area (Å²) >= 11 is 0. The number of carbonyl (C=O) groups is 2. The molecule has 1 spiro atoms. The van der Waals surface area contributed by atoms with Gasteiger partial charge in [0.05, 0.1) is 24.0 Å². The lowest BCUT2D eigenvalue weighted by atomic mass is 9.72. The lowest BCUT2D eigenvalue weighted by Crippen LogP contribution is -2.48. The maximum Gasteiger partial charge on any atom is 0.230 e. The minimum absolute atomic E-state index is 0.00983. The van der Waals surface area contributed by atoms with Crippen molar-refractivity contribution in [2.75, 3.05) is 13.1 Å². The first kappa shape index (κ1) is 20.0. The number of nitrogens with zero attached hydrogens (tertiary/aromatic N) is 1. The van der Waals surface area contributed by atoms with Gasteiger partial charge in [-0.05, 0) is 31.4 Å². The number of amides is 2. The van der Waals surface area contributed by atoms with Gasteiger partial charge in [-0.2, -0.15) is 0 Å². The Hall–Kier alpha value is -2.92. The van der Waals surface area contributed by atoms with E-state index < -0.39 is 23.0 Å². The Bertz CT molecular complexity index is 1030. The quantitative estimate of drug-likeness (QED) is 0.737. The summed E-state index contributed by atoms with van der Waals surface area (Å²) in [6.07, 6.45) is 4.75. The first-order valence-corrected chi connectivity index (χ1v) is 11.0. The summed E-state index contributed by atoms with van der Waals surface area (Å²) in [6, 6.07) is 18.3. The molecule has 3 aliphatic heterocycles. The van der Waals surface area contributed by atoms with Crippen LogP contribution in [0.15, 0.2) is 66.7 Å². The van der Waals surface area contributed by atoms with Crippen LogP contribution in [-0.4, -0.2) is 41.0 Å². The summed E-state index contributed by atoms with van der Waals surface area (Å²) in [7, 11) is 0. The molecule has 31 heavy (non-hydrogen) atoms. The van der Waals surface area contributed by atoms with Crippen molar-refractivity contribution in [3.8, 4) is 0 Å². The zero-order valence-electron chi connectivity index (χ0n) is 18.0. The van der Waals surface area contributed by atoms with Gasteiger partial charge < -0.3 is 15.0 Å². The van der Waals surface area contributed by atoms with Crippen molar-refractivity contribution in [1.82, 2.24) is 10.2 Å². The molecule has 0 aliphatic carbocycles. The normalized spacial score (nSPS) is 30.6. The van der Waals surface area contributed by atoms with E-state index in [-0.39, 0.29) is 11.8 Å². The van der Waals surface area contributed by atoms with E-state index in [1.54, 1.807) is 0 Å². The molecule has 3 heterocycles. The van der Waals surface area contributed by atoms with Crippen LogP contribution in [0.1, 0.15) is 23.6 Å². The number of benzene rings is 2. The second-order valence-electron chi connectivity index (χ2n) is 9.24. The molecule has 0 saturated carbocycles. The van der Waals surface area contributed by atoms with Crippen molar-refractivity contribution < 1.29 is 14.3 Å². The maximum atomic E-state index is 13.4. The molecule has 2 saturated heterocycles. The fourth-order valence-corrected chi connectivity index (χ4v) is 5.38. The number of ether oxygens (including phenoxy) is 1. The lowest BCUT2D eigenvalue weighted by molar-refractivity contribution is -0.139. The van der Waals surface area contributed by atoms with Gasteiger partial charge in [-0.3, -0.25) is 9.59 Å². The minimum atomic E-state index is -0.729. The number of aryl methyl sites for hydroxylation is 1. The second kappa shape index (κ2) is 7.34. The number of hydrogen-bond donors (Lipinski definition) is 1. The number of fused-ring (bicyclic) bond motifs is 1. The molecule has 4 unspecified atom stereocenters. The van der Waals surface area contributed by atoms with Crippen LogP contribution in [0.2, 0.25) is 0 Å². The van der Waals surface area contributed by atoms with Crippen LogP contribution in [0.3, 0.4) is 0 Å². The maximum absolute atomic E-state index is 13.4. The molecule has 2 aromatic rings. The van der Waals surface area contributed by atoms with Crippen molar-refractivity contribution in [1.29, 1.82) is 0 Å². The average molecular weight is 417 g/mol. The third kappa shape index (κ3) is 3.37. The Balaban J connectivity index is 1.30. The van der Waals surface area contributed by atoms with Gasteiger partial charge in [0, 0.05) is 13.1 Å². The summed E-state index contributed by atoms with van der Waals surface area (Å²) in [5.41, 5.74) is 2.06. The summed E-state index contributed by atoms with van der Waals surface area (Å²) in [6.45, 7) is 5.55. The van der Waals surface area contributed by atoms with Gasteiger partial charge in [-0.1, -0.05) is 72.3 Å². The van der Waals surface area contributed by atoms with E-state index in [1.165, 1.54) is 11.1 Å². The zero-order valence-corrected chi connectivity index (χ0v) is 18.0. The van der Waals surface area contributed by atoms with Gasteiger partial charge in [0.15, 0.2) is 0 Å². The summed E-state index contributed by atoms with van der Waals surface area (Å²) in [5, 5.41) is 3.07. The Kier molecular flexibility index (Phi) is 4.74. The molecule has 5 rings (SSSR count). The lowest BCUT2D eigenvalue weighted by Gasteiger charge is -2.29. The molecule has 2 fully saturated rings. The Labute approximate surface area is 183 Å². The van der Waals surface area contributed by atoms with E-state index in [0.717, 1.165) is 12.0 Å². The highest BCUT2D eigenvalue weighted by Gasteiger charge is 2.71. The molecule has 3 aliphatic rings. The monoisotopic (exact) mass is 416 g/mol. The SMILES string of the molecule is Cc1ccc(CCNC(=O)C2C3C(=O)N(Cc4ccccc4)CC34C=CC2(C)O4)cc1. The van der Waals surface area contributed by atoms with E-state index >= 15 is 0 Å². The number of hydrogen-bond acceptors (Lipinski definition) is 3. The smallest absolute Gasteiger partial charge is 0.230 e. The van der Waals surface area contributed by atoms with Crippen LogP contribution >= 0.6 is 0 Å². The number of likely N-dealkylation sites (tertiary alicyclic amines) is 1. The largest absolute Gasteiger partial charge is 0.357 e. The first-order valence-electron chi connectivity index (χ1n) is 11.0. The molecule has 0 radical (unpaired) electrons. The molecule has 5 nitrogen and oxygen atoms in total. The molecular formula is C26H28N2O3. The summed E-state index contributed by atoms with van der Waals surface area (Å²) in [5.74, 6) is -1.06. The minimum Gasteiger partial charge on any atom is -0.357 e. The van der Waals surface area contributed by atoms with Gasteiger partial charge in [0.2, 0.25) is 11.8 Å². The number of nitrogens with one attached hydrogen (secondary N) is 1. The van der Waals surface area contributed by atoms with Crippen LogP contribution < -0.4 is 5.32 Å². The fourth-order valence-electron chi connectivity index (χ4n) is 5.38. The van der Waals surface area contributed by atoms with E-state index in [0.29, 0.717) is 19.6 Å². The molecule has 0 aromatic heterocycles. The Morgan fingerprint density at radius 3 is 2.58 bits per heavy atom. The molecule has 2 bridgehead atoms. The molecule has 160 valence electrons. The van der Waals surface area contributed by atoms with E-state index in [2.05, 4.69) is 36.5 Å². The highest BCUT2D eigenvalue weighted by atomic mass is 16.5. The zero-order chi connectivity index (χ0) is 21.6. The molecular weight excluding hydrogens is 388 g/mol. The van der Waals surface area contributed by atoms with Gasteiger partial charge in [-0.25, -0.2) is 0 Å². The molecule has 5 heteroatoms. The topological polar surface area (TPSA) is 58.6 Å². The Morgan fingerprint density at radius 2 is 1.84 bits per heavy atom. The van der Waals surface area contributed by atoms with E-state index in [1.807, 2.05) is 54.3 Å². The van der Waals surface area contributed by atoms with Crippen molar-refractivity contribution in [3.63, 3.8) is 0 Å². The van der Waals surface area contributed by atoms with Crippen molar-refractivity contribution in [2.45, 2.75) is 38.0 Å². The predicted octanol–water partition coefficient (Wildman–Crippen LogP) is 3.03. The number of rotatable bonds is 6. The summed E-state index contributed by atoms with van der Waals surface area (Å²) in [4.78, 5) is 28.5. The van der Waals surface area contributed by atoms with Crippen LogP contribution in [0, 0.1) is 18.8 Å². The summed E-state index contributed by atoms with van der Waals surface area (Å²) < 4.78 is 6.39. The predicted molar refractivity (Wildman–Crippen MR) is 118 cm³/mol. The van der Waals surface area contributed by atoms with Crippen LogP contribution in [0.4, 0.5) is 0 Å². The highest BCUT2D eigenvalue weighted by molar-refractivity contribution is 5.93. The molecule has 4 atom stereocenters. The van der Waals surface area contributed by atoms with Crippen molar-refractivity contribution in [2.24, 2.45) is 11.8 Å². The molecule has 2 amide bonds. The van der Waals surface area contributed by atoms with Gasteiger partial charge in [0.1, 0.15) is 5.60 Å². The third-order valence-corrected chi connectivity index (χ3v) is 6.93. The second-order valence-corrected chi connectivity index (χ2v) is 9.24. The Morgan fingerprint density at radius 1 is 1.10 bits per heavy atom.